The van der Waals surface area contributed by atoms with E-state index < -0.39 is 0 Å². The van der Waals surface area contributed by atoms with Crippen molar-refractivity contribution in [1.82, 2.24) is 19.5 Å². The molecule has 0 fully saturated rings. The molecule has 18 heavy (non-hydrogen) atoms. The molecule has 2 aromatic rings. The third-order valence-electron chi connectivity index (χ3n) is 2.39. The van der Waals surface area contributed by atoms with Crippen LogP contribution in [0.3, 0.4) is 0 Å². The predicted molar refractivity (Wildman–Crippen MR) is 65.0 cm³/mol. The van der Waals surface area contributed by atoms with E-state index in [0.29, 0.717) is 30.7 Å². The van der Waals surface area contributed by atoms with Crippen molar-refractivity contribution in [3.8, 4) is 17.7 Å². The zero-order valence-electron chi connectivity index (χ0n) is 10.3. The van der Waals surface area contributed by atoms with Gasteiger partial charge in [-0.2, -0.15) is 9.97 Å². The topological polar surface area (TPSA) is 88.1 Å². The first-order valence-electron chi connectivity index (χ1n) is 5.48. The highest BCUT2D eigenvalue weighted by Gasteiger charge is 2.10. The molecule has 0 atom stereocenters. The van der Waals surface area contributed by atoms with Crippen molar-refractivity contribution in [2.24, 2.45) is 5.73 Å². The van der Waals surface area contributed by atoms with Crippen LogP contribution in [0, 0.1) is 0 Å². The Hall–Kier alpha value is -2.15. The van der Waals surface area contributed by atoms with E-state index in [1.54, 1.807) is 37.2 Å². The van der Waals surface area contributed by atoms with Gasteiger partial charge in [0.25, 0.3) is 0 Å². The van der Waals surface area contributed by atoms with Gasteiger partial charge < -0.3 is 15.2 Å². The summed E-state index contributed by atoms with van der Waals surface area (Å²) in [5.41, 5.74) is 5.54. The number of nitrogens with two attached hydrogens (primary N) is 1. The summed E-state index contributed by atoms with van der Waals surface area (Å²) >= 11 is 0. The summed E-state index contributed by atoms with van der Waals surface area (Å²) in [5.74, 6) is 2.12. The SMILES string of the molecule is COc1cc(OC)nc(-n2ccnc2CCN)n1. The highest BCUT2D eigenvalue weighted by Crippen LogP contribution is 2.17. The van der Waals surface area contributed by atoms with Crippen molar-refractivity contribution in [3.63, 3.8) is 0 Å². The largest absolute Gasteiger partial charge is 0.481 e. The van der Waals surface area contributed by atoms with Gasteiger partial charge in [-0.3, -0.25) is 4.57 Å². The van der Waals surface area contributed by atoms with Gasteiger partial charge in [0.2, 0.25) is 17.7 Å². The van der Waals surface area contributed by atoms with Crippen molar-refractivity contribution in [2.45, 2.75) is 6.42 Å². The summed E-state index contributed by atoms with van der Waals surface area (Å²) in [5, 5.41) is 0. The van der Waals surface area contributed by atoms with Crippen LogP contribution in [0.1, 0.15) is 5.82 Å². The molecule has 2 N–H and O–H groups in total. The van der Waals surface area contributed by atoms with Gasteiger partial charge in [0.1, 0.15) is 5.82 Å². The van der Waals surface area contributed by atoms with Crippen molar-refractivity contribution in [1.29, 1.82) is 0 Å². The maximum Gasteiger partial charge on any atom is 0.241 e. The number of hydrogen-bond donors (Lipinski definition) is 1. The second-order valence-corrected chi connectivity index (χ2v) is 3.50. The Labute approximate surface area is 105 Å². The Morgan fingerprint density at radius 3 is 2.44 bits per heavy atom. The number of imidazole rings is 1. The monoisotopic (exact) mass is 249 g/mol. The normalized spacial score (nSPS) is 10.4. The van der Waals surface area contributed by atoms with Crippen LogP contribution in [0.15, 0.2) is 18.5 Å². The molecule has 0 aliphatic carbocycles. The van der Waals surface area contributed by atoms with E-state index in [1.165, 1.54) is 0 Å². The fraction of sp³-hybridized carbons (Fsp3) is 0.364. The molecule has 0 unspecified atom stereocenters. The summed E-state index contributed by atoms with van der Waals surface area (Å²) < 4.78 is 12.0. The van der Waals surface area contributed by atoms with Gasteiger partial charge in [0.05, 0.1) is 20.3 Å². The van der Waals surface area contributed by atoms with Crippen LogP contribution in [0.2, 0.25) is 0 Å². The lowest BCUT2D eigenvalue weighted by molar-refractivity contribution is 0.370. The molecule has 7 heteroatoms. The first-order chi connectivity index (χ1) is 8.78. The van der Waals surface area contributed by atoms with Gasteiger partial charge >= 0.3 is 0 Å². The Morgan fingerprint density at radius 1 is 1.22 bits per heavy atom. The molecule has 0 aromatic carbocycles. The Kier molecular flexibility index (Phi) is 3.73. The summed E-state index contributed by atoms with van der Waals surface area (Å²) in [7, 11) is 3.08. The van der Waals surface area contributed by atoms with Gasteiger partial charge in [-0.25, -0.2) is 4.98 Å². The van der Waals surface area contributed by atoms with Gasteiger partial charge in [0, 0.05) is 18.8 Å². The van der Waals surface area contributed by atoms with E-state index in [9.17, 15) is 0 Å². The predicted octanol–water partition coefficient (Wildman–Crippen LogP) is 0.181. The first kappa shape index (κ1) is 12.3. The Balaban J connectivity index is 2.45. The molecule has 0 spiro atoms. The highest BCUT2D eigenvalue weighted by atomic mass is 16.5. The molecule has 0 radical (unpaired) electrons. The smallest absolute Gasteiger partial charge is 0.241 e. The number of ether oxygens (including phenoxy) is 2. The lowest BCUT2D eigenvalue weighted by atomic mass is 10.4. The number of nitrogens with zero attached hydrogens (tertiary/aromatic N) is 4. The maximum atomic E-state index is 5.54. The van der Waals surface area contributed by atoms with E-state index in [-0.39, 0.29) is 0 Å². The summed E-state index contributed by atoms with van der Waals surface area (Å²) in [6, 6.07) is 1.61. The lowest BCUT2D eigenvalue weighted by Crippen LogP contribution is -2.11. The van der Waals surface area contributed by atoms with E-state index in [0.717, 1.165) is 5.82 Å². The van der Waals surface area contributed by atoms with Gasteiger partial charge in [-0.05, 0) is 6.54 Å². The van der Waals surface area contributed by atoms with Crippen LogP contribution in [-0.4, -0.2) is 40.3 Å². The first-order valence-corrected chi connectivity index (χ1v) is 5.48. The molecule has 2 heterocycles. The minimum absolute atomic E-state index is 0.434. The second-order valence-electron chi connectivity index (χ2n) is 3.50. The second kappa shape index (κ2) is 5.46. The molecule has 96 valence electrons. The van der Waals surface area contributed by atoms with Crippen molar-refractivity contribution in [2.75, 3.05) is 20.8 Å². The lowest BCUT2D eigenvalue weighted by Gasteiger charge is -2.08. The van der Waals surface area contributed by atoms with E-state index in [1.807, 2.05) is 0 Å². The van der Waals surface area contributed by atoms with Gasteiger partial charge in [0.15, 0.2) is 0 Å². The summed E-state index contributed by atoms with van der Waals surface area (Å²) in [6.07, 6.45) is 4.11. The minimum Gasteiger partial charge on any atom is -0.481 e. The molecule has 0 saturated heterocycles. The van der Waals surface area contributed by atoms with E-state index >= 15 is 0 Å². The zero-order valence-corrected chi connectivity index (χ0v) is 10.3. The third-order valence-corrected chi connectivity index (χ3v) is 2.39. The van der Waals surface area contributed by atoms with Crippen LogP contribution in [0.4, 0.5) is 0 Å². The van der Waals surface area contributed by atoms with Crippen LogP contribution >= 0.6 is 0 Å². The summed E-state index contributed by atoms with van der Waals surface area (Å²) in [4.78, 5) is 12.7. The molecule has 2 aromatic heterocycles. The van der Waals surface area contributed by atoms with E-state index in [2.05, 4.69) is 15.0 Å². The molecule has 0 aliphatic rings. The molecular weight excluding hydrogens is 234 g/mol. The average Bonchev–Trinajstić information content (AvgIpc) is 2.87. The molecule has 7 nitrogen and oxygen atoms in total. The Morgan fingerprint density at radius 2 is 1.89 bits per heavy atom. The van der Waals surface area contributed by atoms with Crippen LogP contribution in [-0.2, 0) is 6.42 Å². The quantitative estimate of drug-likeness (QED) is 0.813. The molecule has 2 rings (SSSR count). The third kappa shape index (κ3) is 2.40. The van der Waals surface area contributed by atoms with Gasteiger partial charge in [-0.15, -0.1) is 0 Å². The van der Waals surface area contributed by atoms with Crippen molar-refractivity contribution in [3.05, 3.63) is 24.3 Å². The fourth-order valence-electron chi connectivity index (χ4n) is 1.54. The number of methoxy groups -OCH3 is 2. The number of aromatic nitrogens is 4. The molecule has 0 amide bonds. The molecule has 0 aliphatic heterocycles. The molecule has 0 bridgehead atoms. The van der Waals surface area contributed by atoms with Crippen LogP contribution < -0.4 is 15.2 Å². The van der Waals surface area contributed by atoms with E-state index in [4.69, 9.17) is 15.2 Å². The fourth-order valence-corrected chi connectivity index (χ4v) is 1.54. The molecular formula is C11H15N5O2. The molecule has 0 saturated carbocycles. The number of rotatable bonds is 5. The zero-order chi connectivity index (χ0) is 13.0. The van der Waals surface area contributed by atoms with Crippen LogP contribution in [0.5, 0.6) is 11.8 Å². The van der Waals surface area contributed by atoms with Crippen molar-refractivity contribution < 1.29 is 9.47 Å². The minimum atomic E-state index is 0.434. The maximum absolute atomic E-state index is 5.54. The van der Waals surface area contributed by atoms with Crippen LogP contribution in [0.25, 0.3) is 5.95 Å². The highest BCUT2D eigenvalue weighted by molar-refractivity contribution is 5.28. The van der Waals surface area contributed by atoms with Crippen molar-refractivity contribution >= 4 is 0 Å². The average molecular weight is 249 g/mol. The standard InChI is InChI=1S/C11H15N5O2/c1-17-9-7-10(18-2)15-11(14-9)16-6-5-13-8(16)3-4-12/h5-7H,3-4,12H2,1-2H3. The van der Waals surface area contributed by atoms with Gasteiger partial charge in [-0.1, -0.05) is 0 Å². The summed E-state index contributed by atoms with van der Waals surface area (Å²) in [6.45, 7) is 0.512. The number of hydrogen-bond acceptors (Lipinski definition) is 6. The Bertz CT molecular complexity index is 504.